The predicted molar refractivity (Wildman–Crippen MR) is 155 cm³/mol. The molecule has 1 saturated heterocycles. The van der Waals surface area contributed by atoms with E-state index in [0.29, 0.717) is 6.54 Å². The molecule has 2 aromatic heterocycles. The van der Waals surface area contributed by atoms with Gasteiger partial charge in [-0.25, -0.2) is 8.42 Å². The molecule has 210 valence electrons. The Morgan fingerprint density at radius 1 is 1.10 bits per heavy atom. The number of likely N-dealkylation sites (tertiary alicyclic amines) is 1. The standard InChI is InChI=1S/C31H36N4O4S/c1-22-6-9-25(10-7-22)40(37,38)35-21-31(12-15-34(16-13-31)19-23-5-4-14-32-18-23)29-26-11-8-24(39-3)17-27(26)33(2)30(29)28(35)20-36/h4-11,14,17-18,28,36H,12-13,15-16,19-21H2,1-3H3/t28-/m1/s1. The van der Waals surface area contributed by atoms with E-state index in [1.807, 2.05) is 50.5 Å². The average Bonchev–Trinajstić information content (AvgIpc) is 3.27. The van der Waals surface area contributed by atoms with Crippen molar-refractivity contribution < 1.29 is 18.3 Å². The van der Waals surface area contributed by atoms with Crippen LogP contribution in [0.5, 0.6) is 5.75 Å². The molecular weight excluding hydrogens is 524 g/mol. The number of hydrogen-bond acceptors (Lipinski definition) is 6. The molecule has 1 fully saturated rings. The van der Waals surface area contributed by atoms with Crippen LogP contribution >= 0.6 is 0 Å². The average molecular weight is 561 g/mol. The fraction of sp³-hybridized carbons (Fsp3) is 0.387. The second-order valence-electron chi connectivity index (χ2n) is 11.2. The summed E-state index contributed by atoms with van der Waals surface area (Å²) in [4.78, 5) is 6.94. The molecule has 0 aliphatic carbocycles. The molecule has 8 nitrogen and oxygen atoms in total. The number of piperidine rings is 1. The van der Waals surface area contributed by atoms with E-state index < -0.39 is 21.5 Å². The van der Waals surface area contributed by atoms with Crippen LogP contribution in [0.15, 0.2) is 71.9 Å². The Bertz CT molecular complexity index is 1630. The van der Waals surface area contributed by atoms with E-state index in [4.69, 9.17) is 4.74 Å². The number of aromatic nitrogens is 2. The molecule has 4 aromatic rings. The van der Waals surface area contributed by atoms with Gasteiger partial charge in [0.15, 0.2) is 0 Å². The molecule has 1 atom stereocenters. The number of benzene rings is 2. The molecule has 4 heterocycles. The highest BCUT2D eigenvalue weighted by Crippen LogP contribution is 2.51. The number of nitrogens with zero attached hydrogens (tertiary/aromatic N) is 4. The van der Waals surface area contributed by atoms with Gasteiger partial charge < -0.3 is 14.4 Å². The lowest BCUT2D eigenvalue weighted by atomic mass is 9.69. The van der Waals surface area contributed by atoms with Gasteiger partial charge in [0.25, 0.3) is 0 Å². The summed E-state index contributed by atoms with van der Waals surface area (Å²) in [6.45, 7) is 4.45. The maximum atomic E-state index is 14.2. The maximum absolute atomic E-state index is 14.2. The van der Waals surface area contributed by atoms with Gasteiger partial charge in [-0.2, -0.15) is 4.31 Å². The zero-order valence-electron chi connectivity index (χ0n) is 23.2. The number of aliphatic hydroxyl groups excluding tert-OH is 1. The summed E-state index contributed by atoms with van der Waals surface area (Å²) in [5.74, 6) is 0.746. The van der Waals surface area contributed by atoms with Crippen LogP contribution in [0.3, 0.4) is 0 Å². The molecule has 0 amide bonds. The van der Waals surface area contributed by atoms with Gasteiger partial charge >= 0.3 is 0 Å². The number of rotatable bonds is 6. The van der Waals surface area contributed by atoms with Crippen LogP contribution in [0.25, 0.3) is 10.9 Å². The lowest BCUT2D eigenvalue weighted by Crippen LogP contribution is -2.55. The number of methoxy groups -OCH3 is 1. The Kier molecular flexibility index (Phi) is 6.94. The van der Waals surface area contributed by atoms with Gasteiger partial charge in [0.1, 0.15) is 5.75 Å². The van der Waals surface area contributed by atoms with Crippen molar-refractivity contribution in [2.75, 3.05) is 33.4 Å². The fourth-order valence-corrected chi connectivity index (χ4v) is 8.38. The van der Waals surface area contributed by atoms with Crippen LogP contribution in [0, 0.1) is 6.92 Å². The van der Waals surface area contributed by atoms with Gasteiger partial charge in [-0.05, 0) is 74.3 Å². The molecule has 40 heavy (non-hydrogen) atoms. The smallest absolute Gasteiger partial charge is 0.243 e. The third-order valence-corrected chi connectivity index (χ3v) is 10.7. The fourth-order valence-electron chi connectivity index (χ4n) is 6.71. The van der Waals surface area contributed by atoms with Crippen LogP contribution in [-0.4, -0.2) is 65.6 Å². The van der Waals surface area contributed by atoms with E-state index >= 15 is 0 Å². The van der Waals surface area contributed by atoms with Gasteiger partial charge in [0, 0.05) is 55.1 Å². The first-order valence-electron chi connectivity index (χ1n) is 13.7. The van der Waals surface area contributed by atoms with Crippen molar-refractivity contribution >= 4 is 20.9 Å². The van der Waals surface area contributed by atoms with E-state index in [1.165, 1.54) is 11.1 Å². The van der Waals surface area contributed by atoms with E-state index in [9.17, 15) is 13.5 Å². The van der Waals surface area contributed by atoms with Crippen molar-refractivity contribution in [2.24, 2.45) is 7.05 Å². The van der Waals surface area contributed by atoms with Gasteiger partial charge in [0.05, 0.1) is 30.2 Å². The highest BCUT2D eigenvalue weighted by molar-refractivity contribution is 7.89. The second-order valence-corrected chi connectivity index (χ2v) is 13.1. The lowest BCUT2D eigenvalue weighted by Gasteiger charge is -2.50. The van der Waals surface area contributed by atoms with Crippen molar-refractivity contribution in [3.05, 3.63) is 89.4 Å². The summed E-state index contributed by atoms with van der Waals surface area (Å²) in [5, 5.41) is 11.8. The van der Waals surface area contributed by atoms with Crippen molar-refractivity contribution in [1.82, 2.24) is 18.8 Å². The predicted octanol–water partition coefficient (Wildman–Crippen LogP) is 4.16. The number of pyridine rings is 1. The molecule has 0 saturated carbocycles. The first kappa shape index (κ1) is 27.0. The number of hydrogen-bond donors (Lipinski definition) is 1. The topological polar surface area (TPSA) is 87.9 Å². The Labute approximate surface area is 235 Å². The highest BCUT2D eigenvalue weighted by Gasteiger charge is 2.51. The molecule has 0 bridgehead atoms. The van der Waals surface area contributed by atoms with Crippen LogP contribution in [0.4, 0.5) is 0 Å². The number of aliphatic hydroxyl groups is 1. The summed E-state index contributed by atoms with van der Waals surface area (Å²) < 4.78 is 37.6. The highest BCUT2D eigenvalue weighted by atomic mass is 32.2. The van der Waals surface area contributed by atoms with Crippen molar-refractivity contribution in [1.29, 1.82) is 0 Å². The van der Waals surface area contributed by atoms with Crippen LogP contribution in [-0.2, 0) is 29.0 Å². The normalized spacial score (nSPS) is 19.6. The summed E-state index contributed by atoms with van der Waals surface area (Å²) in [7, 11) is -0.256. The van der Waals surface area contributed by atoms with E-state index in [1.54, 1.807) is 29.7 Å². The molecule has 1 spiro atoms. The Morgan fingerprint density at radius 3 is 2.50 bits per heavy atom. The van der Waals surface area contributed by atoms with Gasteiger partial charge in [-0.3, -0.25) is 9.88 Å². The van der Waals surface area contributed by atoms with Crippen LogP contribution in [0.2, 0.25) is 0 Å². The number of aryl methyl sites for hydroxylation is 2. The number of sulfonamides is 1. The minimum atomic E-state index is -3.87. The number of ether oxygens (including phenoxy) is 1. The minimum Gasteiger partial charge on any atom is -0.497 e. The monoisotopic (exact) mass is 560 g/mol. The van der Waals surface area contributed by atoms with Crippen molar-refractivity contribution in [3.63, 3.8) is 0 Å². The molecule has 0 unspecified atom stereocenters. The molecule has 0 radical (unpaired) electrons. The molecule has 6 rings (SSSR count). The van der Waals surface area contributed by atoms with Crippen molar-refractivity contribution in [3.8, 4) is 5.75 Å². The minimum absolute atomic E-state index is 0.254. The maximum Gasteiger partial charge on any atom is 0.243 e. The zero-order valence-corrected chi connectivity index (χ0v) is 24.1. The first-order valence-corrected chi connectivity index (χ1v) is 15.2. The number of fused-ring (bicyclic) bond motifs is 4. The van der Waals surface area contributed by atoms with Crippen LogP contribution < -0.4 is 4.74 Å². The summed E-state index contributed by atoms with van der Waals surface area (Å²) >= 11 is 0. The van der Waals surface area contributed by atoms with Crippen molar-refractivity contribution in [2.45, 2.75) is 42.7 Å². The van der Waals surface area contributed by atoms with E-state index in [2.05, 4.69) is 26.6 Å². The summed E-state index contributed by atoms with van der Waals surface area (Å²) in [6.07, 6.45) is 5.31. The molecular formula is C31H36N4O4S. The van der Waals surface area contributed by atoms with Gasteiger partial charge in [-0.15, -0.1) is 0 Å². The zero-order chi connectivity index (χ0) is 28.1. The summed E-state index contributed by atoms with van der Waals surface area (Å²) in [6, 6.07) is 16.4. The molecule has 2 aliphatic rings. The Hall–Kier alpha value is -3.24. The summed E-state index contributed by atoms with van der Waals surface area (Å²) in [5.41, 5.74) is 4.80. The van der Waals surface area contributed by atoms with E-state index in [0.717, 1.165) is 60.4 Å². The van der Waals surface area contributed by atoms with E-state index in [-0.39, 0.29) is 11.5 Å². The lowest BCUT2D eigenvalue weighted by molar-refractivity contribution is 0.0916. The first-order chi connectivity index (χ1) is 19.3. The third-order valence-electron chi connectivity index (χ3n) is 8.85. The Morgan fingerprint density at radius 2 is 1.85 bits per heavy atom. The third kappa shape index (κ3) is 4.41. The largest absolute Gasteiger partial charge is 0.497 e. The van der Waals surface area contributed by atoms with Crippen LogP contribution in [0.1, 0.15) is 41.3 Å². The molecule has 2 aromatic carbocycles. The SMILES string of the molecule is COc1ccc2c3c(n(C)c2c1)[C@@H](CO)N(S(=O)(=O)c1ccc(C)cc1)CC31CCN(Cc2cccnc2)CC1. The molecule has 9 heteroatoms. The van der Waals surface area contributed by atoms with Gasteiger partial charge in [-0.1, -0.05) is 23.8 Å². The Balaban J connectivity index is 1.47. The second kappa shape index (κ2) is 10.3. The van der Waals surface area contributed by atoms with Gasteiger partial charge in [0.2, 0.25) is 10.0 Å². The molecule has 2 aliphatic heterocycles. The molecule has 1 N–H and O–H groups in total. The quantitative estimate of drug-likeness (QED) is 0.381.